The van der Waals surface area contributed by atoms with Gasteiger partial charge in [-0.2, -0.15) is 5.26 Å². The van der Waals surface area contributed by atoms with Crippen molar-refractivity contribution in [2.45, 2.75) is 20.0 Å². The molecule has 1 aromatic rings. The lowest BCUT2D eigenvalue weighted by atomic mass is 10.1. The van der Waals surface area contributed by atoms with Crippen LogP contribution in [0.2, 0.25) is 0 Å². The van der Waals surface area contributed by atoms with Crippen molar-refractivity contribution in [1.82, 2.24) is 0 Å². The monoisotopic (exact) mass is 219 g/mol. The zero-order valence-corrected chi connectivity index (χ0v) is 9.29. The molecule has 0 aromatic heterocycles. The van der Waals surface area contributed by atoms with E-state index in [2.05, 4.69) is 6.58 Å². The largest absolute Gasteiger partial charge is 0.376 e. The van der Waals surface area contributed by atoms with Crippen LogP contribution in [0.15, 0.2) is 30.4 Å². The summed E-state index contributed by atoms with van der Waals surface area (Å²) in [5.74, 6) is -0.492. The van der Waals surface area contributed by atoms with Crippen LogP contribution < -0.4 is 0 Å². The maximum Gasteiger partial charge on any atom is 0.140 e. The van der Waals surface area contributed by atoms with Gasteiger partial charge in [-0.15, -0.1) is 6.58 Å². The number of halogens is 1. The Morgan fingerprint density at radius 3 is 2.94 bits per heavy atom. The van der Waals surface area contributed by atoms with Gasteiger partial charge in [0.05, 0.1) is 18.8 Å². The summed E-state index contributed by atoms with van der Waals surface area (Å²) >= 11 is 0. The average Bonchev–Trinajstić information content (AvgIpc) is 2.26. The van der Waals surface area contributed by atoms with Crippen LogP contribution in [0.3, 0.4) is 0 Å². The van der Waals surface area contributed by atoms with Crippen LogP contribution in [-0.2, 0) is 11.3 Å². The van der Waals surface area contributed by atoms with E-state index in [9.17, 15) is 4.39 Å². The van der Waals surface area contributed by atoms with Crippen LogP contribution >= 0.6 is 0 Å². The molecule has 3 heteroatoms. The Morgan fingerprint density at radius 1 is 1.56 bits per heavy atom. The van der Waals surface area contributed by atoms with Gasteiger partial charge in [0.1, 0.15) is 11.9 Å². The van der Waals surface area contributed by atoms with E-state index in [1.807, 2.05) is 6.92 Å². The predicted octanol–water partition coefficient (Wildman–Crippen LogP) is 3.18. The first-order valence-corrected chi connectivity index (χ1v) is 5.04. The van der Waals surface area contributed by atoms with Crippen molar-refractivity contribution in [3.63, 3.8) is 0 Å². The normalized spacial score (nSPS) is 9.81. The molecule has 0 saturated carbocycles. The highest BCUT2D eigenvalue weighted by atomic mass is 19.1. The molecule has 84 valence electrons. The van der Waals surface area contributed by atoms with Gasteiger partial charge in [0.15, 0.2) is 0 Å². The number of nitrogens with zero attached hydrogens (tertiary/aromatic N) is 1. The summed E-state index contributed by atoms with van der Waals surface area (Å²) in [6, 6.07) is 6.22. The van der Waals surface area contributed by atoms with Gasteiger partial charge >= 0.3 is 0 Å². The number of hydrogen-bond donors (Lipinski definition) is 0. The lowest BCUT2D eigenvalue weighted by molar-refractivity contribution is 0.124. The summed E-state index contributed by atoms with van der Waals surface area (Å²) in [5.41, 5.74) is 1.93. The number of rotatable bonds is 5. The summed E-state index contributed by atoms with van der Waals surface area (Å²) in [6.07, 6.45) is 0.812. The first-order valence-electron chi connectivity index (χ1n) is 5.04. The van der Waals surface area contributed by atoms with E-state index < -0.39 is 5.82 Å². The fourth-order valence-electron chi connectivity index (χ4n) is 1.18. The zero-order valence-electron chi connectivity index (χ0n) is 9.29. The van der Waals surface area contributed by atoms with Crippen molar-refractivity contribution in [2.24, 2.45) is 0 Å². The highest BCUT2D eigenvalue weighted by Crippen LogP contribution is 2.10. The number of benzene rings is 1. The molecule has 0 fully saturated rings. The Kier molecular flexibility index (Phi) is 4.68. The van der Waals surface area contributed by atoms with Gasteiger partial charge in [0, 0.05) is 0 Å². The molecule has 1 aromatic carbocycles. The van der Waals surface area contributed by atoms with Crippen LogP contribution in [0.1, 0.15) is 24.5 Å². The quantitative estimate of drug-likeness (QED) is 0.563. The molecule has 0 bridgehead atoms. The van der Waals surface area contributed by atoms with Crippen molar-refractivity contribution < 1.29 is 9.13 Å². The van der Waals surface area contributed by atoms with Crippen molar-refractivity contribution in [1.29, 1.82) is 5.26 Å². The lowest BCUT2D eigenvalue weighted by Gasteiger charge is -2.04. The Balaban J connectivity index is 2.49. The molecular weight excluding hydrogens is 205 g/mol. The zero-order chi connectivity index (χ0) is 12.0. The second-order valence-electron chi connectivity index (χ2n) is 3.69. The Hall–Kier alpha value is -1.66. The highest BCUT2D eigenvalue weighted by molar-refractivity contribution is 5.34. The van der Waals surface area contributed by atoms with Gasteiger partial charge in [-0.25, -0.2) is 4.39 Å². The minimum absolute atomic E-state index is 0.0565. The molecule has 0 spiro atoms. The van der Waals surface area contributed by atoms with Gasteiger partial charge in [-0.3, -0.25) is 0 Å². The van der Waals surface area contributed by atoms with Crippen LogP contribution in [0.4, 0.5) is 4.39 Å². The van der Waals surface area contributed by atoms with Crippen LogP contribution in [-0.4, -0.2) is 6.61 Å². The van der Waals surface area contributed by atoms with E-state index in [4.69, 9.17) is 10.00 Å². The summed E-state index contributed by atoms with van der Waals surface area (Å²) in [7, 11) is 0. The van der Waals surface area contributed by atoms with Crippen LogP contribution in [0.25, 0.3) is 0 Å². The first kappa shape index (κ1) is 12.4. The molecule has 0 aliphatic carbocycles. The molecule has 0 aliphatic heterocycles. The molecule has 0 atom stereocenters. The molecule has 0 aliphatic rings. The maximum absolute atomic E-state index is 13.0. The maximum atomic E-state index is 13.0. The summed E-state index contributed by atoms with van der Waals surface area (Å²) in [6.45, 7) is 6.69. The topological polar surface area (TPSA) is 33.0 Å². The fraction of sp³-hybridized carbons (Fsp3) is 0.308. The molecule has 2 nitrogen and oxygen atoms in total. The Labute approximate surface area is 95.0 Å². The Bertz CT molecular complexity index is 420. The van der Waals surface area contributed by atoms with E-state index in [-0.39, 0.29) is 5.56 Å². The first-order chi connectivity index (χ1) is 7.63. The van der Waals surface area contributed by atoms with Crippen molar-refractivity contribution >= 4 is 0 Å². The van der Waals surface area contributed by atoms with Crippen LogP contribution in [0.5, 0.6) is 0 Å². The summed E-state index contributed by atoms with van der Waals surface area (Å²) in [4.78, 5) is 0. The predicted molar refractivity (Wildman–Crippen MR) is 60.2 cm³/mol. The molecule has 0 heterocycles. The van der Waals surface area contributed by atoms with Gasteiger partial charge in [-0.05, 0) is 31.0 Å². The second kappa shape index (κ2) is 6.04. The third kappa shape index (κ3) is 3.84. The standard InChI is InChI=1S/C13H14FNO/c1-10(2)5-6-16-9-11-3-4-13(14)12(7-11)8-15/h3-4,7H,1,5-6,9H2,2H3. The summed E-state index contributed by atoms with van der Waals surface area (Å²) < 4.78 is 18.4. The van der Waals surface area contributed by atoms with Gasteiger partial charge < -0.3 is 4.74 Å². The number of hydrogen-bond acceptors (Lipinski definition) is 2. The van der Waals surface area contributed by atoms with Crippen molar-refractivity contribution in [3.8, 4) is 6.07 Å². The minimum Gasteiger partial charge on any atom is -0.376 e. The summed E-state index contributed by atoms with van der Waals surface area (Å²) in [5, 5.41) is 8.64. The van der Waals surface area contributed by atoms with E-state index in [1.165, 1.54) is 12.1 Å². The third-order valence-corrected chi connectivity index (χ3v) is 2.09. The fourth-order valence-corrected chi connectivity index (χ4v) is 1.18. The molecule has 0 radical (unpaired) electrons. The van der Waals surface area contributed by atoms with Gasteiger partial charge in [0.25, 0.3) is 0 Å². The second-order valence-corrected chi connectivity index (χ2v) is 3.69. The highest BCUT2D eigenvalue weighted by Gasteiger charge is 2.02. The Morgan fingerprint density at radius 2 is 2.31 bits per heavy atom. The van der Waals surface area contributed by atoms with E-state index in [1.54, 1.807) is 12.1 Å². The molecular formula is C13H14FNO. The number of nitriles is 1. The molecule has 0 amide bonds. The van der Waals surface area contributed by atoms with Gasteiger partial charge in [0.2, 0.25) is 0 Å². The molecule has 0 N–H and O–H groups in total. The average molecular weight is 219 g/mol. The SMILES string of the molecule is C=C(C)CCOCc1ccc(F)c(C#N)c1. The van der Waals surface area contributed by atoms with Crippen molar-refractivity contribution in [3.05, 3.63) is 47.3 Å². The third-order valence-electron chi connectivity index (χ3n) is 2.09. The van der Waals surface area contributed by atoms with E-state index >= 15 is 0 Å². The smallest absolute Gasteiger partial charge is 0.140 e. The minimum atomic E-state index is -0.492. The lowest BCUT2D eigenvalue weighted by Crippen LogP contribution is -1.97. The van der Waals surface area contributed by atoms with E-state index in [0.717, 1.165) is 17.6 Å². The molecule has 0 saturated heterocycles. The van der Waals surface area contributed by atoms with Gasteiger partial charge in [-0.1, -0.05) is 11.6 Å². The molecule has 1 rings (SSSR count). The molecule has 0 unspecified atom stereocenters. The molecule has 16 heavy (non-hydrogen) atoms. The number of ether oxygens (including phenoxy) is 1. The van der Waals surface area contributed by atoms with Crippen molar-refractivity contribution in [2.75, 3.05) is 6.61 Å². The van der Waals surface area contributed by atoms with E-state index in [0.29, 0.717) is 13.2 Å². The van der Waals surface area contributed by atoms with Crippen LogP contribution in [0, 0.1) is 17.1 Å².